The lowest BCUT2D eigenvalue weighted by Crippen LogP contribution is -2.36. The fourth-order valence-electron chi connectivity index (χ4n) is 7.91. The average molecular weight is 742 g/mol. The summed E-state index contributed by atoms with van der Waals surface area (Å²) in [5, 5.41) is 14.5. The van der Waals surface area contributed by atoms with Gasteiger partial charge in [-0.1, -0.05) is 96.2 Å². The van der Waals surface area contributed by atoms with Crippen LogP contribution < -0.4 is 14.8 Å². The van der Waals surface area contributed by atoms with E-state index in [9.17, 15) is 0 Å². The molecule has 4 aromatic carbocycles. The SMILES string of the molecule is COc1ccc(CNc2nccc3c2c(-c2noc(C4CC4)c2-c2cn(C(c4ccccc4)(c4ccccc4)c4ccccc4)cn2)nn3C(C)C)c(OC)c1. The molecule has 0 bridgehead atoms. The highest BCUT2D eigenvalue weighted by Crippen LogP contribution is 2.49. The number of fused-ring (bicyclic) bond motifs is 1. The van der Waals surface area contributed by atoms with Crippen LogP contribution in [0.15, 0.2) is 139 Å². The van der Waals surface area contributed by atoms with Gasteiger partial charge < -0.3 is 23.9 Å². The van der Waals surface area contributed by atoms with Crippen molar-refractivity contribution in [2.24, 2.45) is 0 Å². The average Bonchev–Trinajstić information content (AvgIpc) is 3.60. The van der Waals surface area contributed by atoms with Crippen LogP contribution in [-0.2, 0) is 12.1 Å². The molecule has 0 aliphatic heterocycles. The highest BCUT2D eigenvalue weighted by atomic mass is 16.5. The third-order valence-corrected chi connectivity index (χ3v) is 10.7. The van der Waals surface area contributed by atoms with E-state index in [1.54, 1.807) is 14.2 Å². The standard InChI is InChI=1S/C46H43N7O3/c1-30(2)53-38-24-25-47-45(48-27-32-22-23-36(54-3)26-39(32)55-4)41(38)42(50-53)43-40(44(56-51-43)31-20-21-31)37-28-52(29-49-37)46(33-14-8-5-9-15-33,34-16-10-6-11-17-34)35-18-12-7-13-19-35/h5-19,22-26,28-31H,20-21,27H2,1-4H3,(H,47,48). The van der Waals surface area contributed by atoms with Crippen molar-refractivity contribution in [3.05, 3.63) is 162 Å². The van der Waals surface area contributed by atoms with Crippen LogP contribution in [0.5, 0.6) is 11.5 Å². The fourth-order valence-corrected chi connectivity index (χ4v) is 7.91. The molecule has 10 heteroatoms. The second-order valence-corrected chi connectivity index (χ2v) is 14.5. The Morgan fingerprint density at radius 1 is 0.804 bits per heavy atom. The van der Waals surface area contributed by atoms with Gasteiger partial charge >= 0.3 is 0 Å². The van der Waals surface area contributed by atoms with Gasteiger partial charge in [-0.2, -0.15) is 5.10 Å². The second-order valence-electron chi connectivity index (χ2n) is 14.5. The van der Waals surface area contributed by atoms with Crippen molar-refractivity contribution in [3.63, 3.8) is 0 Å². The van der Waals surface area contributed by atoms with E-state index in [2.05, 4.69) is 121 Å². The first-order chi connectivity index (χ1) is 27.5. The lowest BCUT2D eigenvalue weighted by Gasteiger charge is -2.37. The largest absolute Gasteiger partial charge is 0.497 e. The Bertz CT molecular complexity index is 2510. The summed E-state index contributed by atoms with van der Waals surface area (Å²) < 4.78 is 21.7. The maximum atomic E-state index is 6.30. The predicted molar refractivity (Wildman–Crippen MR) is 218 cm³/mol. The van der Waals surface area contributed by atoms with Gasteiger partial charge in [0.1, 0.15) is 40.0 Å². The first-order valence-electron chi connectivity index (χ1n) is 19.0. The minimum absolute atomic E-state index is 0.0730. The van der Waals surface area contributed by atoms with Crippen LogP contribution in [-0.4, -0.2) is 43.7 Å². The Labute approximate surface area is 325 Å². The number of anilines is 1. The Kier molecular flexibility index (Phi) is 9.09. The monoisotopic (exact) mass is 741 g/mol. The van der Waals surface area contributed by atoms with Gasteiger partial charge in [0, 0.05) is 42.5 Å². The van der Waals surface area contributed by atoms with Crippen LogP contribution in [0.2, 0.25) is 0 Å². The maximum absolute atomic E-state index is 6.30. The molecule has 280 valence electrons. The maximum Gasteiger partial charge on any atom is 0.149 e. The zero-order valence-electron chi connectivity index (χ0n) is 31.9. The van der Waals surface area contributed by atoms with E-state index in [0.717, 1.165) is 74.5 Å². The highest BCUT2D eigenvalue weighted by molar-refractivity contribution is 6.02. The molecule has 9 rings (SSSR count). The molecule has 8 aromatic rings. The summed E-state index contributed by atoms with van der Waals surface area (Å²) in [6, 6.07) is 39.8. The zero-order chi connectivity index (χ0) is 38.2. The Morgan fingerprint density at radius 3 is 2.05 bits per heavy atom. The predicted octanol–water partition coefficient (Wildman–Crippen LogP) is 9.88. The van der Waals surface area contributed by atoms with Crippen LogP contribution in [0.1, 0.15) is 66.7 Å². The molecule has 1 N–H and O–H groups in total. The molecular formula is C46H43N7O3. The van der Waals surface area contributed by atoms with Gasteiger partial charge in [-0.3, -0.25) is 4.68 Å². The summed E-state index contributed by atoms with van der Waals surface area (Å²) >= 11 is 0. The quantitative estimate of drug-likeness (QED) is 0.117. The van der Waals surface area contributed by atoms with Crippen molar-refractivity contribution in [3.8, 4) is 34.1 Å². The minimum atomic E-state index is -0.721. The molecule has 0 spiro atoms. The molecule has 0 saturated heterocycles. The van der Waals surface area contributed by atoms with Crippen molar-refractivity contribution >= 4 is 16.7 Å². The first-order valence-corrected chi connectivity index (χ1v) is 19.0. The van der Waals surface area contributed by atoms with Crippen LogP contribution in [0.4, 0.5) is 5.82 Å². The lowest BCUT2D eigenvalue weighted by atomic mass is 9.77. The summed E-state index contributed by atoms with van der Waals surface area (Å²) in [6.07, 6.45) is 7.96. The van der Waals surface area contributed by atoms with E-state index in [1.807, 2.05) is 41.5 Å². The molecule has 4 aromatic heterocycles. The molecule has 1 aliphatic rings. The number of hydrogen-bond donors (Lipinski definition) is 1. The van der Waals surface area contributed by atoms with Gasteiger partial charge in [0.05, 0.1) is 42.7 Å². The molecule has 0 unspecified atom stereocenters. The highest BCUT2D eigenvalue weighted by Gasteiger charge is 2.40. The van der Waals surface area contributed by atoms with E-state index < -0.39 is 5.54 Å². The zero-order valence-corrected chi connectivity index (χ0v) is 31.9. The number of nitrogens with one attached hydrogen (secondary N) is 1. The van der Waals surface area contributed by atoms with Crippen LogP contribution in [0.25, 0.3) is 33.5 Å². The molecule has 0 amide bonds. The topological polar surface area (TPSA) is 105 Å². The molecule has 1 aliphatic carbocycles. The van der Waals surface area contributed by atoms with E-state index in [1.165, 1.54) is 0 Å². The molecule has 0 atom stereocenters. The van der Waals surface area contributed by atoms with Gasteiger partial charge in [0.25, 0.3) is 0 Å². The first kappa shape index (κ1) is 35.0. The van der Waals surface area contributed by atoms with E-state index in [0.29, 0.717) is 23.8 Å². The molecule has 0 radical (unpaired) electrons. The van der Waals surface area contributed by atoms with E-state index >= 15 is 0 Å². The smallest absolute Gasteiger partial charge is 0.149 e. The number of nitrogens with zero attached hydrogens (tertiary/aromatic N) is 6. The molecule has 56 heavy (non-hydrogen) atoms. The number of pyridine rings is 1. The number of rotatable bonds is 13. The third-order valence-electron chi connectivity index (χ3n) is 10.7. The van der Waals surface area contributed by atoms with Crippen molar-refractivity contribution in [1.29, 1.82) is 0 Å². The van der Waals surface area contributed by atoms with Crippen LogP contribution in [0.3, 0.4) is 0 Å². The number of imidazole rings is 1. The van der Waals surface area contributed by atoms with Crippen molar-refractivity contribution in [2.75, 3.05) is 19.5 Å². The normalized spacial score (nSPS) is 13.0. The third kappa shape index (κ3) is 5.98. The molecule has 1 saturated carbocycles. The van der Waals surface area contributed by atoms with Crippen molar-refractivity contribution < 1.29 is 14.0 Å². The van der Waals surface area contributed by atoms with Gasteiger partial charge in [-0.15, -0.1) is 0 Å². The second kappa shape index (κ2) is 14.5. The summed E-state index contributed by atoms with van der Waals surface area (Å²) in [4.78, 5) is 10.0. The van der Waals surface area contributed by atoms with Crippen LogP contribution in [0, 0.1) is 0 Å². The number of benzene rings is 4. The summed E-state index contributed by atoms with van der Waals surface area (Å²) in [6.45, 7) is 4.72. The number of aromatic nitrogens is 6. The number of methoxy groups -OCH3 is 2. The van der Waals surface area contributed by atoms with Crippen molar-refractivity contribution in [2.45, 2.75) is 50.7 Å². The fraction of sp³-hybridized carbons (Fsp3) is 0.217. The van der Waals surface area contributed by atoms with Crippen molar-refractivity contribution in [1.82, 2.24) is 29.5 Å². The minimum Gasteiger partial charge on any atom is -0.497 e. The van der Waals surface area contributed by atoms with Gasteiger partial charge in [0.15, 0.2) is 0 Å². The summed E-state index contributed by atoms with van der Waals surface area (Å²) in [7, 11) is 3.31. The van der Waals surface area contributed by atoms with Gasteiger partial charge in [-0.25, -0.2) is 9.97 Å². The molecular weight excluding hydrogens is 699 g/mol. The Balaban J connectivity index is 1.22. The number of ether oxygens (including phenoxy) is 2. The lowest BCUT2D eigenvalue weighted by molar-refractivity contribution is 0.386. The molecule has 10 nitrogen and oxygen atoms in total. The van der Waals surface area contributed by atoms with Gasteiger partial charge in [-0.05, 0) is 61.6 Å². The summed E-state index contributed by atoms with van der Waals surface area (Å²) in [5.74, 6) is 3.24. The van der Waals surface area contributed by atoms with E-state index in [4.69, 9.17) is 34.2 Å². The summed E-state index contributed by atoms with van der Waals surface area (Å²) in [5.41, 5.74) is 7.49. The Morgan fingerprint density at radius 2 is 1.46 bits per heavy atom. The number of hydrogen-bond acceptors (Lipinski definition) is 8. The molecule has 4 heterocycles. The van der Waals surface area contributed by atoms with Gasteiger partial charge in [0.2, 0.25) is 0 Å². The molecule has 1 fully saturated rings. The Hall–Kier alpha value is -6.68. The van der Waals surface area contributed by atoms with Crippen LogP contribution >= 0.6 is 0 Å². The van der Waals surface area contributed by atoms with E-state index in [-0.39, 0.29) is 12.0 Å².